The highest BCUT2D eigenvalue weighted by Gasteiger charge is 2.34. The van der Waals surface area contributed by atoms with Crippen molar-refractivity contribution in [2.24, 2.45) is 0 Å². The van der Waals surface area contributed by atoms with Crippen molar-refractivity contribution in [1.82, 2.24) is 4.90 Å². The number of ether oxygens (including phenoxy) is 1. The van der Waals surface area contributed by atoms with Gasteiger partial charge in [0.05, 0.1) is 23.4 Å². The monoisotopic (exact) mass is 512 g/mol. The van der Waals surface area contributed by atoms with Crippen LogP contribution in [0.25, 0.3) is 0 Å². The van der Waals surface area contributed by atoms with E-state index in [1.54, 1.807) is 32.0 Å². The molecule has 0 radical (unpaired) electrons. The predicted molar refractivity (Wildman–Crippen MR) is 127 cm³/mol. The first-order valence-electron chi connectivity index (χ1n) is 11.2. The van der Waals surface area contributed by atoms with Gasteiger partial charge in [-0.1, -0.05) is 12.1 Å². The lowest BCUT2D eigenvalue weighted by atomic mass is 9.98. The highest BCUT2D eigenvalue weighted by atomic mass is 32.1. The summed E-state index contributed by atoms with van der Waals surface area (Å²) in [6.45, 7) is 3.97. The summed E-state index contributed by atoms with van der Waals surface area (Å²) in [6.07, 6.45) is -4.50. The van der Waals surface area contributed by atoms with Gasteiger partial charge in [0.15, 0.2) is 0 Å². The van der Waals surface area contributed by atoms with Crippen molar-refractivity contribution in [1.29, 1.82) is 0 Å². The Morgan fingerprint density at radius 1 is 1.17 bits per heavy atom. The van der Waals surface area contributed by atoms with Crippen molar-refractivity contribution in [2.45, 2.75) is 70.0 Å². The number of amides is 2. The lowest BCUT2D eigenvalue weighted by Gasteiger charge is -2.32. The minimum atomic E-state index is -4.64. The normalized spacial score (nSPS) is 16.0. The quantitative estimate of drug-likeness (QED) is 0.358. The third-order valence-electron chi connectivity index (χ3n) is 5.75. The van der Waals surface area contributed by atoms with E-state index in [1.807, 2.05) is 0 Å². The molecule has 0 aromatic heterocycles. The van der Waals surface area contributed by atoms with E-state index in [-0.39, 0.29) is 29.7 Å². The minimum Gasteiger partial charge on any atom is -0.446 e. The van der Waals surface area contributed by atoms with Crippen LogP contribution in [0.5, 0.6) is 0 Å². The van der Waals surface area contributed by atoms with E-state index < -0.39 is 30.5 Å². The fourth-order valence-corrected chi connectivity index (χ4v) is 4.47. The Kier molecular flexibility index (Phi) is 8.35. The van der Waals surface area contributed by atoms with E-state index in [1.165, 1.54) is 22.8 Å². The molecule has 0 aliphatic carbocycles. The molecule has 0 spiro atoms. The summed E-state index contributed by atoms with van der Waals surface area (Å²) in [5.41, 5.74) is 0.298. The molecule has 1 aliphatic heterocycles. The predicted octanol–water partition coefficient (Wildman–Crippen LogP) is 6.70. The van der Waals surface area contributed by atoms with Gasteiger partial charge in [0, 0.05) is 24.9 Å². The average Bonchev–Trinajstić information content (AvgIpc) is 2.95. The van der Waals surface area contributed by atoms with Crippen molar-refractivity contribution in [3.8, 4) is 0 Å². The van der Waals surface area contributed by atoms with Crippen molar-refractivity contribution < 1.29 is 31.9 Å². The fourth-order valence-electron chi connectivity index (χ4n) is 4.28. The van der Waals surface area contributed by atoms with Gasteiger partial charge in [-0.15, -0.1) is 12.6 Å². The van der Waals surface area contributed by atoms with Gasteiger partial charge >= 0.3 is 12.3 Å². The molecule has 35 heavy (non-hydrogen) atoms. The number of thiol groups is 1. The molecule has 1 atom stereocenters. The summed E-state index contributed by atoms with van der Waals surface area (Å²) < 4.78 is 58.8. The zero-order chi connectivity index (χ0) is 25.9. The topological polar surface area (TPSA) is 49.9 Å². The summed E-state index contributed by atoms with van der Waals surface area (Å²) in [6, 6.07) is 7.74. The second kappa shape index (κ2) is 10.9. The third kappa shape index (κ3) is 6.48. The summed E-state index contributed by atoms with van der Waals surface area (Å²) in [7, 11) is 0. The molecule has 0 saturated carbocycles. The van der Waals surface area contributed by atoms with Crippen LogP contribution in [0.2, 0.25) is 0 Å². The molecule has 3 rings (SSSR count). The molecule has 0 N–H and O–H groups in total. The zero-order valence-electron chi connectivity index (χ0n) is 19.7. The number of hydrogen-bond donors (Lipinski definition) is 1. The maximum Gasteiger partial charge on any atom is 0.416 e. The molecule has 1 aliphatic rings. The average molecular weight is 513 g/mol. The van der Waals surface area contributed by atoms with Gasteiger partial charge in [0.1, 0.15) is 6.67 Å². The van der Waals surface area contributed by atoms with Crippen molar-refractivity contribution >= 4 is 30.3 Å². The van der Waals surface area contributed by atoms with E-state index in [0.29, 0.717) is 35.5 Å². The van der Waals surface area contributed by atoms with Gasteiger partial charge in [0.2, 0.25) is 5.91 Å². The molecule has 0 bridgehead atoms. The van der Waals surface area contributed by atoms with E-state index >= 15 is 0 Å². The Morgan fingerprint density at radius 2 is 1.86 bits per heavy atom. The number of rotatable bonds is 5. The summed E-state index contributed by atoms with van der Waals surface area (Å²) in [5.74, 6) is -0.353. The lowest BCUT2D eigenvalue weighted by molar-refractivity contribution is -0.137. The van der Waals surface area contributed by atoms with Crippen LogP contribution in [-0.2, 0) is 28.9 Å². The number of hydrogen-bond acceptors (Lipinski definition) is 4. The maximum atomic E-state index is 13.4. The molecule has 1 unspecified atom stereocenters. The minimum absolute atomic E-state index is 0.109. The SMILES string of the molecule is CC(=O)N(Cc1cc(CF)cc(C(F)(F)F)c1)C1CCCN(C(=O)OC(C)C)c2cc(S)ccc21. The first-order valence-corrected chi connectivity index (χ1v) is 11.7. The molecule has 2 amide bonds. The van der Waals surface area contributed by atoms with Crippen molar-refractivity contribution in [3.05, 3.63) is 58.7 Å². The second-order valence-corrected chi connectivity index (χ2v) is 9.32. The number of nitrogens with zero attached hydrogens (tertiary/aromatic N) is 2. The standard InChI is InChI=1S/C25H28F4N2O3S/c1-15(2)34-24(33)30-8-4-5-22(21-7-6-20(35)12-23(21)30)31(16(3)32)14-18-9-17(13-26)10-19(11-18)25(27,28)29/h6-7,9-12,15,22,35H,4-5,8,13-14H2,1-3H3. The van der Waals surface area contributed by atoms with Crippen molar-refractivity contribution in [3.63, 3.8) is 0 Å². The highest BCUT2D eigenvalue weighted by Crippen LogP contribution is 2.39. The second-order valence-electron chi connectivity index (χ2n) is 8.80. The molecule has 190 valence electrons. The number of halogens is 4. The molecule has 0 saturated heterocycles. The van der Waals surface area contributed by atoms with E-state index in [2.05, 4.69) is 12.6 Å². The van der Waals surface area contributed by atoms with Gasteiger partial charge in [-0.2, -0.15) is 13.2 Å². The highest BCUT2D eigenvalue weighted by molar-refractivity contribution is 7.80. The van der Waals surface area contributed by atoms with Crippen LogP contribution in [0.4, 0.5) is 28.0 Å². The van der Waals surface area contributed by atoms with E-state index in [9.17, 15) is 27.2 Å². The van der Waals surface area contributed by atoms with Crippen LogP contribution < -0.4 is 4.90 Å². The number of carbonyl (C=O) groups is 2. The van der Waals surface area contributed by atoms with Gasteiger partial charge in [-0.3, -0.25) is 9.69 Å². The molecule has 10 heteroatoms. The summed E-state index contributed by atoms with van der Waals surface area (Å²) in [4.78, 5) is 29.1. The van der Waals surface area contributed by atoms with Crippen LogP contribution >= 0.6 is 12.6 Å². The Hall–Kier alpha value is -2.75. The molecular formula is C25H28F4N2O3S. The Bertz CT molecular complexity index is 1090. The maximum absolute atomic E-state index is 13.4. The summed E-state index contributed by atoms with van der Waals surface area (Å²) >= 11 is 4.39. The molecule has 5 nitrogen and oxygen atoms in total. The van der Waals surface area contributed by atoms with E-state index in [0.717, 1.165) is 12.1 Å². The zero-order valence-corrected chi connectivity index (χ0v) is 20.6. The molecule has 2 aromatic carbocycles. The van der Waals surface area contributed by atoms with Gasteiger partial charge in [0.25, 0.3) is 0 Å². The molecule has 2 aromatic rings. The Balaban J connectivity index is 2.04. The number of carbonyl (C=O) groups excluding carboxylic acids is 2. The van der Waals surface area contributed by atoms with Gasteiger partial charge < -0.3 is 9.64 Å². The molecule has 0 fully saturated rings. The third-order valence-corrected chi connectivity index (χ3v) is 6.03. The first kappa shape index (κ1) is 26.8. The Labute approximate surface area is 207 Å². The lowest BCUT2D eigenvalue weighted by Crippen LogP contribution is -2.34. The number of fused-ring (bicyclic) bond motifs is 1. The van der Waals surface area contributed by atoms with Gasteiger partial charge in [-0.05, 0) is 67.6 Å². The number of anilines is 1. The number of benzene rings is 2. The van der Waals surface area contributed by atoms with Crippen LogP contribution in [0, 0.1) is 0 Å². The molecule has 1 heterocycles. The van der Waals surface area contributed by atoms with Crippen molar-refractivity contribution in [2.75, 3.05) is 11.4 Å². The van der Waals surface area contributed by atoms with Crippen LogP contribution in [0.1, 0.15) is 61.9 Å². The number of alkyl halides is 4. The van der Waals surface area contributed by atoms with Crippen LogP contribution in [-0.4, -0.2) is 29.5 Å². The van der Waals surface area contributed by atoms with Crippen LogP contribution in [0.3, 0.4) is 0 Å². The fraction of sp³-hybridized carbons (Fsp3) is 0.440. The van der Waals surface area contributed by atoms with Crippen LogP contribution in [0.15, 0.2) is 41.3 Å². The smallest absolute Gasteiger partial charge is 0.416 e. The largest absolute Gasteiger partial charge is 0.446 e. The Morgan fingerprint density at radius 3 is 2.46 bits per heavy atom. The molecular weight excluding hydrogens is 484 g/mol. The van der Waals surface area contributed by atoms with E-state index in [4.69, 9.17) is 4.74 Å². The van der Waals surface area contributed by atoms with Gasteiger partial charge in [-0.25, -0.2) is 9.18 Å². The summed E-state index contributed by atoms with van der Waals surface area (Å²) in [5, 5.41) is 0. The first-order chi connectivity index (χ1) is 16.4.